The van der Waals surface area contributed by atoms with Crippen LogP contribution in [0, 0.1) is 5.82 Å². The van der Waals surface area contributed by atoms with Crippen LogP contribution in [0.5, 0.6) is 0 Å². The SMILES string of the molecule is C[C@@H]1CN(C(=O)c2cn[nH]c2-c2ccc(F)cc2)CCO1. The van der Waals surface area contributed by atoms with Crippen molar-refractivity contribution in [1.29, 1.82) is 0 Å². The molecule has 2 heterocycles. The van der Waals surface area contributed by atoms with Crippen molar-refractivity contribution in [2.45, 2.75) is 13.0 Å². The molecule has 0 bridgehead atoms. The molecule has 1 aromatic carbocycles. The van der Waals surface area contributed by atoms with Gasteiger partial charge in [0.2, 0.25) is 0 Å². The Bertz CT molecular complexity index is 639. The second kappa shape index (κ2) is 5.65. The van der Waals surface area contributed by atoms with Gasteiger partial charge in [0.05, 0.1) is 30.2 Å². The molecular formula is C15H16FN3O2. The number of halogens is 1. The molecule has 1 aliphatic heterocycles. The fourth-order valence-corrected chi connectivity index (χ4v) is 2.46. The average molecular weight is 289 g/mol. The Morgan fingerprint density at radius 2 is 2.19 bits per heavy atom. The molecule has 1 fully saturated rings. The summed E-state index contributed by atoms with van der Waals surface area (Å²) in [7, 11) is 0. The predicted molar refractivity (Wildman–Crippen MR) is 75.3 cm³/mol. The van der Waals surface area contributed by atoms with Crippen LogP contribution in [-0.2, 0) is 4.74 Å². The number of morpholine rings is 1. The summed E-state index contributed by atoms with van der Waals surface area (Å²) in [6, 6.07) is 5.98. The number of ether oxygens (including phenoxy) is 1. The number of H-pyrrole nitrogens is 1. The fraction of sp³-hybridized carbons (Fsp3) is 0.333. The Balaban J connectivity index is 1.88. The molecule has 3 rings (SSSR count). The van der Waals surface area contributed by atoms with E-state index in [0.717, 1.165) is 5.56 Å². The molecule has 0 unspecified atom stereocenters. The largest absolute Gasteiger partial charge is 0.375 e. The first-order valence-corrected chi connectivity index (χ1v) is 6.85. The van der Waals surface area contributed by atoms with E-state index in [1.807, 2.05) is 6.92 Å². The molecule has 1 aromatic heterocycles. The van der Waals surface area contributed by atoms with Crippen LogP contribution < -0.4 is 0 Å². The summed E-state index contributed by atoms with van der Waals surface area (Å²) in [4.78, 5) is 14.4. The fourth-order valence-electron chi connectivity index (χ4n) is 2.46. The summed E-state index contributed by atoms with van der Waals surface area (Å²) in [6.45, 7) is 3.61. The molecule has 0 spiro atoms. The molecule has 110 valence electrons. The van der Waals surface area contributed by atoms with Gasteiger partial charge >= 0.3 is 0 Å². The highest BCUT2D eigenvalue weighted by Crippen LogP contribution is 2.23. The van der Waals surface area contributed by atoms with Gasteiger partial charge in [0, 0.05) is 18.7 Å². The van der Waals surface area contributed by atoms with Crippen molar-refractivity contribution in [1.82, 2.24) is 15.1 Å². The van der Waals surface area contributed by atoms with E-state index in [0.29, 0.717) is 31.0 Å². The monoisotopic (exact) mass is 289 g/mol. The molecule has 1 N–H and O–H groups in total. The zero-order valence-electron chi connectivity index (χ0n) is 11.7. The van der Waals surface area contributed by atoms with Crippen molar-refractivity contribution >= 4 is 5.91 Å². The molecular weight excluding hydrogens is 273 g/mol. The van der Waals surface area contributed by atoms with Crippen LogP contribution in [0.15, 0.2) is 30.5 Å². The summed E-state index contributed by atoms with van der Waals surface area (Å²) in [5, 5.41) is 6.78. The van der Waals surface area contributed by atoms with Gasteiger partial charge in [-0.25, -0.2) is 4.39 Å². The lowest BCUT2D eigenvalue weighted by Gasteiger charge is -2.31. The number of nitrogens with zero attached hydrogens (tertiary/aromatic N) is 2. The second-order valence-corrected chi connectivity index (χ2v) is 5.10. The van der Waals surface area contributed by atoms with E-state index in [2.05, 4.69) is 10.2 Å². The number of carbonyl (C=O) groups excluding carboxylic acids is 1. The Hall–Kier alpha value is -2.21. The Kier molecular flexibility index (Phi) is 3.70. The average Bonchev–Trinajstić information content (AvgIpc) is 2.96. The van der Waals surface area contributed by atoms with E-state index in [-0.39, 0.29) is 17.8 Å². The van der Waals surface area contributed by atoms with Gasteiger partial charge in [0.1, 0.15) is 5.82 Å². The molecule has 1 aliphatic rings. The normalized spacial score (nSPS) is 18.8. The van der Waals surface area contributed by atoms with E-state index in [1.165, 1.54) is 18.3 Å². The minimum absolute atomic E-state index is 0.0314. The van der Waals surface area contributed by atoms with Crippen LogP contribution in [0.1, 0.15) is 17.3 Å². The molecule has 5 nitrogen and oxygen atoms in total. The smallest absolute Gasteiger partial charge is 0.257 e. The molecule has 1 atom stereocenters. The predicted octanol–water partition coefficient (Wildman–Crippen LogP) is 2.08. The van der Waals surface area contributed by atoms with E-state index < -0.39 is 0 Å². The van der Waals surface area contributed by atoms with Gasteiger partial charge in [0.25, 0.3) is 5.91 Å². The lowest BCUT2D eigenvalue weighted by Crippen LogP contribution is -2.44. The molecule has 1 saturated heterocycles. The number of aromatic nitrogens is 2. The molecule has 6 heteroatoms. The highest BCUT2D eigenvalue weighted by molar-refractivity contribution is 5.99. The molecule has 0 aliphatic carbocycles. The van der Waals surface area contributed by atoms with Gasteiger partial charge in [-0.05, 0) is 31.2 Å². The van der Waals surface area contributed by atoms with E-state index >= 15 is 0 Å². The summed E-state index contributed by atoms with van der Waals surface area (Å²) in [6.07, 6.45) is 1.55. The van der Waals surface area contributed by atoms with Gasteiger partial charge in [0.15, 0.2) is 0 Å². The summed E-state index contributed by atoms with van der Waals surface area (Å²) < 4.78 is 18.5. The number of benzene rings is 1. The molecule has 1 amide bonds. The quantitative estimate of drug-likeness (QED) is 0.921. The zero-order valence-corrected chi connectivity index (χ0v) is 11.7. The summed E-state index contributed by atoms with van der Waals surface area (Å²) in [5.41, 5.74) is 1.84. The number of aromatic amines is 1. The van der Waals surface area contributed by atoms with Crippen LogP contribution in [0.4, 0.5) is 4.39 Å². The maximum Gasteiger partial charge on any atom is 0.257 e. The van der Waals surface area contributed by atoms with Crippen LogP contribution in [0.25, 0.3) is 11.3 Å². The summed E-state index contributed by atoms with van der Waals surface area (Å²) in [5.74, 6) is -0.397. The second-order valence-electron chi connectivity index (χ2n) is 5.10. The van der Waals surface area contributed by atoms with Gasteiger partial charge < -0.3 is 9.64 Å². The van der Waals surface area contributed by atoms with E-state index in [4.69, 9.17) is 4.74 Å². The molecule has 0 saturated carbocycles. The van der Waals surface area contributed by atoms with Crippen LogP contribution in [-0.4, -0.2) is 46.8 Å². The maximum atomic E-state index is 13.0. The van der Waals surface area contributed by atoms with Crippen molar-refractivity contribution in [3.8, 4) is 11.3 Å². The minimum Gasteiger partial charge on any atom is -0.375 e. The van der Waals surface area contributed by atoms with Gasteiger partial charge in [-0.3, -0.25) is 9.89 Å². The maximum absolute atomic E-state index is 13.0. The van der Waals surface area contributed by atoms with E-state index in [9.17, 15) is 9.18 Å². The van der Waals surface area contributed by atoms with Crippen molar-refractivity contribution in [3.05, 3.63) is 41.8 Å². The lowest BCUT2D eigenvalue weighted by atomic mass is 10.1. The highest BCUT2D eigenvalue weighted by atomic mass is 19.1. The highest BCUT2D eigenvalue weighted by Gasteiger charge is 2.25. The topological polar surface area (TPSA) is 58.2 Å². The van der Waals surface area contributed by atoms with Crippen molar-refractivity contribution < 1.29 is 13.9 Å². The van der Waals surface area contributed by atoms with E-state index in [1.54, 1.807) is 17.0 Å². The number of hydrogen-bond donors (Lipinski definition) is 1. The number of hydrogen-bond acceptors (Lipinski definition) is 3. The first-order chi connectivity index (χ1) is 10.1. The standard InChI is InChI=1S/C15H16FN3O2/c1-10-9-19(6-7-21-10)15(20)13-8-17-18-14(13)11-2-4-12(16)5-3-11/h2-5,8,10H,6-7,9H2,1H3,(H,17,18)/t10-/m1/s1. The minimum atomic E-state index is -0.312. The zero-order chi connectivity index (χ0) is 14.8. The molecule has 0 radical (unpaired) electrons. The third kappa shape index (κ3) is 2.80. The number of nitrogens with one attached hydrogen (secondary N) is 1. The van der Waals surface area contributed by atoms with Gasteiger partial charge in [-0.1, -0.05) is 0 Å². The molecule has 2 aromatic rings. The van der Waals surface area contributed by atoms with Gasteiger partial charge in [-0.15, -0.1) is 0 Å². The first kappa shape index (κ1) is 13.8. The Morgan fingerprint density at radius 1 is 1.43 bits per heavy atom. The van der Waals surface area contributed by atoms with Crippen molar-refractivity contribution in [2.24, 2.45) is 0 Å². The summed E-state index contributed by atoms with van der Waals surface area (Å²) >= 11 is 0. The Morgan fingerprint density at radius 3 is 2.90 bits per heavy atom. The van der Waals surface area contributed by atoms with Crippen molar-refractivity contribution in [3.63, 3.8) is 0 Å². The van der Waals surface area contributed by atoms with Crippen LogP contribution >= 0.6 is 0 Å². The lowest BCUT2D eigenvalue weighted by molar-refractivity contribution is -0.0123. The third-order valence-electron chi connectivity index (χ3n) is 3.53. The Labute approximate surface area is 121 Å². The van der Waals surface area contributed by atoms with Crippen LogP contribution in [0.3, 0.4) is 0 Å². The van der Waals surface area contributed by atoms with Crippen molar-refractivity contribution in [2.75, 3.05) is 19.7 Å². The van der Waals surface area contributed by atoms with Gasteiger partial charge in [-0.2, -0.15) is 5.10 Å². The third-order valence-corrected chi connectivity index (χ3v) is 3.53. The molecule has 21 heavy (non-hydrogen) atoms. The number of rotatable bonds is 2. The first-order valence-electron chi connectivity index (χ1n) is 6.85. The number of amides is 1. The van der Waals surface area contributed by atoms with Crippen LogP contribution in [0.2, 0.25) is 0 Å². The number of carbonyl (C=O) groups is 1.